The molecule has 78 valence electrons. The third-order valence-corrected chi connectivity index (χ3v) is 4.77. The van der Waals surface area contributed by atoms with Crippen LogP contribution in [0.15, 0.2) is 22.7 Å². The van der Waals surface area contributed by atoms with Gasteiger partial charge in [-0.1, -0.05) is 17.7 Å². The van der Waals surface area contributed by atoms with Crippen molar-refractivity contribution in [1.29, 1.82) is 0 Å². The number of aromatic nitrogens is 1. The highest BCUT2D eigenvalue weighted by Gasteiger charge is 2.14. The normalized spacial score (nSPS) is 17.1. The van der Waals surface area contributed by atoms with Gasteiger partial charge in [-0.15, -0.1) is 0 Å². The second-order valence-electron chi connectivity index (χ2n) is 3.10. The maximum absolute atomic E-state index is 11.9. The zero-order valence-corrected chi connectivity index (χ0v) is 9.97. The first-order chi connectivity index (χ1) is 6.47. The van der Waals surface area contributed by atoms with Gasteiger partial charge in [0.15, 0.2) is 0 Å². The molecule has 0 N–H and O–H groups in total. The molecule has 0 aromatic carbocycles. The van der Waals surface area contributed by atoms with Crippen LogP contribution in [0.1, 0.15) is 17.7 Å². The van der Waals surface area contributed by atoms with Crippen molar-refractivity contribution < 1.29 is 4.21 Å². The number of nitrogens with zero attached hydrogens (tertiary/aromatic N) is 2. The van der Waals surface area contributed by atoms with Gasteiger partial charge < -0.3 is 0 Å². The molecule has 0 fully saturated rings. The number of halogens is 1. The zero-order chi connectivity index (χ0) is 10.8. The molecule has 0 aliphatic rings. The minimum absolute atomic E-state index is 0.128. The molecule has 0 saturated carbocycles. The standard InChI is InChI=1S/C9H13ClN2OS/c1-7(14(3,13)11-2)8-4-5-9(10)12-6-8/h4-7H,1-3H3/t7-,14?/m1/s1. The highest BCUT2D eigenvalue weighted by atomic mass is 35.5. The predicted molar refractivity (Wildman–Crippen MR) is 60.1 cm³/mol. The third kappa shape index (κ3) is 2.45. The Labute approximate surface area is 89.7 Å². The van der Waals surface area contributed by atoms with Crippen LogP contribution in [-0.4, -0.2) is 22.5 Å². The van der Waals surface area contributed by atoms with Gasteiger partial charge in [-0.2, -0.15) is 0 Å². The van der Waals surface area contributed by atoms with Gasteiger partial charge in [-0.05, 0) is 18.6 Å². The van der Waals surface area contributed by atoms with E-state index in [0.29, 0.717) is 5.15 Å². The van der Waals surface area contributed by atoms with Crippen molar-refractivity contribution in [2.75, 3.05) is 13.3 Å². The molecule has 0 saturated heterocycles. The van der Waals surface area contributed by atoms with Gasteiger partial charge in [0.1, 0.15) is 5.15 Å². The van der Waals surface area contributed by atoms with Crippen LogP contribution >= 0.6 is 11.6 Å². The molecule has 0 bridgehead atoms. The lowest BCUT2D eigenvalue weighted by atomic mass is 10.2. The highest BCUT2D eigenvalue weighted by molar-refractivity contribution is 7.93. The summed E-state index contributed by atoms with van der Waals surface area (Å²) in [7, 11) is -0.601. The largest absolute Gasteiger partial charge is 0.249 e. The van der Waals surface area contributed by atoms with E-state index in [0.717, 1.165) is 5.56 Å². The summed E-state index contributed by atoms with van der Waals surface area (Å²) in [5, 5.41) is 0.314. The minimum Gasteiger partial charge on any atom is -0.249 e. The van der Waals surface area contributed by atoms with E-state index in [1.54, 1.807) is 25.6 Å². The van der Waals surface area contributed by atoms with Crippen molar-refractivity contribution in [3.8, 4) is 0 Å². The SMILES string of the molecule is CN=S(C)(=O)[C@H](C)c1ccc(Cl)nc1. The summed E-state index contributed by atoms with van der Waals surface area (Å²) in [4.78, 5) is 3.95. The molecular formula is C9H13ClN2OS. The van der Waals surface area contributed by atoms with Crippen LogP contribution in [0.5, 0.6) is 0 Å². The van der Waals surface area contributed by atoms with E-state index in [1.807, 2.05) is 13.0 Å². The summed E-state index contributed by atoms with van der Waals surface area (Å²) >= 11 is 5.66. The van der Waals surface area contributed by atoms with Crippen molar-refractivity contribution in [2.45, 2.75) is 12.2 Å². The van der Waals surface area contributed by atoms with Crippen LogP contribution in [-0.2, 0) is 9.73 Å². The van der Waals surface area contributed by atoms with Gasteiger partial charge in [0, 0.05) is 19.5 Å². The number of pyridine rings is 1. The molecule has 0 spiro atoms. The summed E-state index contributed by atoms with van der Waals surface area (Å²) in [6.07, 6.45) is 3.29. The fraction of sp³-hybridized carbons (Fsp3) is 0.444. The second-order valence-corrected chi connectivity index (χ2v) is 6.28. The van der Waals surface area contributed by atoms with E-state index in [2.05, 4.69) is 9.35 Å². The lowest BCUT2D eigenvalue weighted by Gasteiger charge is -2.12. The van der Waals surface area contributed by atoms with Crippen molar-refractivity contribution in [3.63, 3.8) is 0 Å². The molecule has 1 unspecified atom stereocenters. The molecule has 0 radical (unpaired) electrons. The molecule has 0 aliphatic heterocycles. The predicted octanol–water partition coefficient (Wildman–Crippen LogP) is 2.52. The molecule has 1 aromatic heterocycles. The summed E-state index contributed by atoms with van der Waals surface area (Å²) < 4.78 is 15.8. The Morgan fingerprint density at radius 3 is 2.64 bits per heavy atom. The Morgan fingerprint density at radius 1 is 1.57 bits per heavy atom. The maximum atomic E-state index is 11.9. The van der Waals surface area contributed by atoms with Crippen LogP contribution in [0.25, 0.3) is 0 Å². The van der Waals surface area contributed by atoms with Gasteiger partial charge in [-0.3, -0.25) is 0 Å². The highest BCUT2D eigenvalue weighted by Crippen LogP contribution is 2.22. The van der Waals surface area contributed by atoms with Crippen LogP contribution in [0.2, 0.25) is 5.15 Å². The molecule has 5 heteroatoms. The van der Waals surface area contributed by atoms with Gasteiger partial charge in [0.25, 0.3) is 0 Å². The molecular weight excluding hydrogens is 220 g/mol. The quantitative estimate of drug-likeness (QED) is 0.736. The van der Waals surface area contributed by atoms with E-state index in [9.17, 15) is 4.21 Å². The first-order valence-electron chi connectivity index (χ1n) is 4.18. The van der Waals surface area contributed by atoms with Gasteiger partial charge in [-0.25, -0.2) is 13.6 Å². The van der Waals surface area contributed by atoms with Gasteiger partial charge >= 0.3 is 0 Å². The Kier molecular flexibility index (Phi) is 3.50. The Hall–Kier alpha value is -0.610. The summed E-state index contributed by atoms with van der Waals surface area (Å²) in [6, 6.07) is 3.52. The van der Waals surface area contributed by atoms with Crippen molar-refractivity contribution in [3.05, 3.63) is 29.0 Å². The molecule has 1 aromatic rings. The summed E-state index contributed by atoms with van der Waals surface area (Å²) in [5.74, 6) is 0. The molecule has 1 heterocycles. The Morgan fingerprint density at radius 2 is 2.21 bits per heavy atom. The smallest absolute Gasteiger partial charge is 0.129 e. The van der Waals surface area contributed by atoms with Crippen molar-refractivity contribution in [2.24, 2.45) is 4.36 Å². The summed E-state index contributed by atoms with van der Waals surface area (Å²) in [6.45, 7) is 1.88. The maximum Gasteiger partial charge on any atom is 0.129 e. The van der Waals surface area contributed by atoms with E-state index >= 15 is 0 Å². The monoisotopic (exact) mass is 232 g/mol. The lowest BCUT2D eigenvalue weighted by Crippen LogP contribution is -2.07. The molecule has 14 heavy (non-hydrogen) atoms. The number of hydrogen-bond acceptors (Lipinski definition) is 3. The van der Waals surface area contributed by atoms with E-state index in [1.165, 1.54) is 0 Å². The number of hydrogen-bond donors (Lipinski definition) is 0. The van der Waals surface area contributed by atoms with Crippen LogP contribution in [0, 0.1) is 0 Å². The van der Waals surface area contributed by atoms with Crippen molar-refractivity contribution >= 4 is 21.3 Å². The fourth-order valence-corrected chi connectivity index (χ4v) is 2.11. The zero-order valence-electron chi connectivity index (χ0n) is 8.40. The van der Waals surface area contributed by atoms with E-state index in [-0.39, 0.29) is 5.25 Å². The van der Waals surface area contributed by atoms with Crippen LogP contribution in [0.4, 0.5) is 0 Å². The summed E-state index contributed by atoms with van der Waals surface area (Å²) in [5.41, 5.74) is 0.896. The van der Waals surface area contributed by atoms with Crippen LogP contribution < -0.4 is 0 Å². The van der Waals surface area contributed by atoms with Crippen molar-refractivity contribution in [1.82, 2.24) is 4.98 Å². The Balaban J connectivity index is 3.08. The molecule has 3 nitrogen and oxygen atoms in total. The first-order valence-corrected chi connectivity index (χ1v) is 6.54. The molecule has 1 rings (SSSR count). The third-order valence-electron chi connectivity index (χ3n) is 2.24. The van der Waals surface area contributed by atoms with Gasteiger partial charge in [0.05, 0.1) is 15.0 Å². The minimum atomic E-state index is -2.17. The van der Waals surface area contributed by atoms with Crippen LogP contribution in [0.3, 0.4) is 0 Å². The number of rotatable bonds is 2. The lowest BCUT2D eigenvalue weighted by molar-refractivity contribution is 0.672. The van der Waals surface area contributed by atoms with E-state index < -0.39 is 9.73 Å². The van der Waals surface area contributed by atoms with Gasteiger partial charge in [0.2, 0.25) is 0 Å². The second kappa shape index (κ2) is 4.28. The molecule has 0 amide bonds. The fourth-order valence-electron chi connectivity index (χ4n) is 1.04. The molecule has 0 aliphatic carbocycles. The first kappa shape index (κ1) is 11.5. The van der Waals surface area contributed by atoms with E-state index in [4.69, 9.17) is 11.6 Å². The average Bonchev–Trinajstić information content (AvgIpc) is 2.18. The topological polar surface area (TPSA) is 42.3 Å². The average molecular weight is 233 g/mol. The Bertz CT molecular complexity index is 421. The molecule has 2 atom stereocenters.